The highest BCUT2D eigenvalue weighted by Crippen LogP contribution is 2.92. The number of carbonyl (C=O) groups excluding carboxylic acids is 3. The van der Waals surface area contributed by atoms with E-state index in [0.717, 1.165) is 0 Å². The molecule has 0 aromatic carbocycles. The van der Waals surface area contributed by atoms with E-state index in [4.69, 9.17) is 4.74 Å². The van der Waals surface area contributed by atoms with Gasteiger partial charge >= 0.3 is 6.09 Å². The Morgan fingerprint density at radius 3 is 2.46 bits per heavy atom. The van der Waals surface area contributed by atoms with E-state index in [-0.39, 0.29) is 17.7 Å². The van der Waals surface area contributed by atoms with Crippen molar-refractivity contribution in [1.29, 1.82) is 0 Å². The lowest BCUT2D eigenvalue weighted by Crippen LogP contribution is -2.75. The molecule has 0 spiro atoms. The highest BCUT2D eigenvalue weighted by atomic mass is 16.6. The Bertz CT molecular complexity index is 739. The van der Waals surface area contributed by atoms with Gasteiger partial charge in [-0.25, -0.2) is 4.79 Å². The molecule has 8 atom stereocenters. The molecular weight excluding hydrogens is 332 g/mol. The Hall–Kier alpha value is -1.59. The number of ether oxygens (including phenoxy) is 1. The average molecular weight is 360 g/mol. The maximum atomic E-state index is 13.1. The van der Waals surface area contributed by atoms with Gasteiger partial charge < -0.3 is 15.4 Å². The van der Waals surface area contributed by atoms with E-state index in [0.29, 0.717) is 41.9 Å². The molecule has 0 saturated heterocycles. The number of carbonyl (C=O) groups is 3. The summed E-state index contributed by atoms with van der Waals surface area (Å²) >= 11 is 0. The topological polar surface area (TPSA) is 84.5 Å². The standard InChI is InChI=1S/C20H28N2O4/c1-18(2,3)26-17(25)22-19(4,5)7-21-16(24)20-12-9-6-8-10(12)14(20)15(23)11(8)13(9)20/h8-14H,6-7H2,1-5H3,(H,21,24)(H,22,25)/t8-,9+,10+,11-,12-,13-,14+,20-/m0/s1. The number of alkyl carbamates (subject to hydrolysis) is 1. The monoisotopic (exact) mass is 360 g/mol. The first-order valence-electron chi connectivity index (χ1n) is 9.82. The van der Waals surface area contributed by atoms with Gasteiger partial charge in [0.2, 0.25) is 5.91 Å². The van der Waals surface area contributed by atoms with Crippen molar-refractivity contribution in [3.63, 3.8) is 0 Å². The van der Waals surface area contributed by atoms with Gasteiger partial charge in [-0.15, -0.1) is 0 Å². The third-order valence-electron chi connectivity index (χ3n) is 7.79. The lowest BCUT2D eigenvalue weighted by Gasteiger charge is -2.70. The zero-order chi connectivity index (χ0) is 18.8. The predicted molar refractivity (Wildman–Crippen MR) is 92.9 cm³/mol. The van der Waals surface area contributed by atoms with Crippen molar-refractivity contribution in [3.05, 3.63) is 0 Å². The Labute approximate surface area is 153 Å². The number of nitrogens with one attached hydrogen (secondary N) is 2. The molecule has 2 amide bonds. The highest BCUT2D eigenvalue weighted by Gasteiger charge is 2.96. The van der Waals surface area contributed by atoms with Gasteiger partial charge in [0, 0.05) is 18.4 Å². The molecule has 4 bridgehead atoms. The van der Waals surface area contributed by atoms with Crippen LogP contribution >= 0.6 is 0 Å². The van der Waals surface area contributed by atoms with E-state index in [1.165, 1.54) is 6.42 Å². The summed E-state index contributed by atoms with van der Waals surface area (Å²) in [5, 5.41) is 5.88. The first-order valence-corrected chi connectivity index (χ1v) is 9.82. The maximum Gasteiger partial charge on any atom is 0.408 e. The Kier molecular flexibility index (Phi) is 2.84. The van der Waals surface area contributed by atoms with Crippen LogP contribution in [0.2, 0.25) is 0 Å². The van der Waals surface area contributed by atoms with Crippen LogP contribution in [-0.4, -0.2) is 35.5 Å². The summed E-state index contributed by atoms with van der Waals surface area (Å²) in [4.78, 5) is 37.7. The number of Topliss-reactive ketones (excluding diaryl/α,β-unsaturated/α-hetero) is 1. The lowest BCUT2D eigenvalue weighted by atomic mass is 9.31. The summed E-state index contributed by atoms with van der Waals surface area (Å²) in [6, 6.07) is 0. The fourth-order valence-electron chi connectivity index (χ4n) is 7.50. The van der Waals surface area contributed by atoms with Crippen molar-refractivity contribution < 1.29 is 19.1 Å². The van der Waals surface area contributed by atoms with Gasteiger partial charge in [0.1, 0.15) is 11.4 Å². The molecule has 0 heterocycles. The molecule has 0 unspecified atom stereocenters. The van der Waals surface area contributed by atoms with E-state index in [2.05, 4.69) is 10.6 Å². The fourth-order valence-corrected chi connectivity index (χ4v) is 7.50. The molecule has 26 heavy (non-hydrogen) atoms. The lowest BCUT2D eigenvalue weighted by molar-refractivity contribution is -0.248. The minimum absolute atomic E-state index is 0.00632. The molecule has 0 aliphatic heterocycles. The molecule has 6 aliphatic carbocycles. The van der Waals surface area contributed by atoms with Crippen LogP contribution in [0.15, 0.2) is 0 Å². The molecular formula is C20H28N2O4. The van der Waals surface area contributed by atoms with Crippen molar-refractivity contribution in [2.75, 3.05) is 6.54 Å². The van der Waals surface area contributed by atoms with Crippen LogP contribution in [0.5, 0.6) is 0 Å². The minimum Gasteiger partial charge on any atom is -0.444 e. The summed E-state index contributed by atoms with van der Waals surface area (Å²) in [5.41, 5.74) is -1.58. The predicted octanol–water partition coefficient (Wildman–Crippen LogP) is 1.73. The summed E-state index contributed by atoms with van der Waals surface area (Å²) in [5.74, 6) is 3.06. The van der Waals surface area contributed by atoms with Crippen LogP contribution in [-0.2, 0) is 14.3 Å². The second-order valence-electron chi connectivity index (χ2n) is 10.7. The van der Waals surface area contributed by atoms with Crippen molar-refractivity contribution in [1.82, 2.24) is 10.6 Å². The highest BCUT2D eigenvalue weighted by molar-refractivity contribution is 6.04. The third kappa shape index (κ3) is 1.67. The van der Waals surface area contributed by atoms with E-state index >= 15 is 0 Å². The quantitative estimate of drug-likeness (QED) is 0.800. The first kappa shape index (κ1) is 16.6. The summed E-state index contributed by atoms with van der Waals surface area (Å²) in [6.45, 7) is 9.51. The van der Waals surface area contributed by atoms with Crippen molar-refractivity contribution in [2.24, 2.45) is 46.8 Å². The minimum atomic E-state index is -0.619. The van der Waals surface area contributed by atoms with E-state index < -0.39 is 22.6 Å². The molecule has 6 heteroatoms. The van der Waals surface area contributed by atoms with Crippen LogP contribution in [0.4, 0.5) is 4.79 Å². The van der Waals surface area contributed by atoms with E-state index in [9.17, 15) is 14.4 Å². The average Bonchev–Trinajstić information content (AvgIpc) is 2.97. The third-order valence-corrected chi connectivity index (χ3v) is 7.79. The molecule has 6 fully saturated rings. The van der Waals surface area contributed by atoms with Gasteiger partial charge in [-0.3, -0.25) is 9.59 Å². The maximum absolute atomic E-state index is 13.1. The van der Waals surface area contributed by atoms with Gasteiger partial charge in [-0.1, -0.05) is 0 Å². The van der Waals surface area contributed by atoms with E-state index in [1.54, 1.807) is 0 Å². The number of hydrogen-bond donors (Lipinski definition) is 2. The Balaban J connectivity index is 1.23. The second kappa shape index (κ2) is 4.45. The first-order chi connectivity index (χ1) is 12.0. The van der Waals surface area contributed by atoms with Crippen molar-refractivity contribution in [3.8, 4) is 0 Å². The van der Waals surface area contributed by atoms with Crippen LogP contribution in [0.3, 0.4) is 0 Å². The second-order valence-corrected chi connectivity index (χ2v) is 10.7. The summed E-state index contributed by atoms with van der Waals surface area (Å²) < 4.78 is 5.30. The van der Waals surface area contributed by atoms with Crippen LogP contribution in [0.1, 0.15) is 41.0 Å². The zero-order valence-corrected chi connectivity index (χ0v) is 16.1. The SMILES string of the molecule is CC(C)(CNC(=O)[C@@]12[C@H]3[C@@H]4C[C@@H]5[C@@H]3C(=O)[C@H]1[C@H]5[C@H]42)NC(=O)OC(C)(C)C. The molecule has 2 N–H and O–H groups in total. The fraction of sp³-hybridized carbons (Fsp3) is 0.850. The Morgan fingerprint density at radius 1 is 1.15 bits per heavy atom. The van der Waals surface area contributed by atoms with Gasteiger partial charge in [-0.2, -0.15) is 0 Å². The smallest absolute Gasteiger partial charge is 0.408 e. The molecule has 142 valence electrons. The van der Waals surface area contributed by atoms with E-state index in [1.807, 2.05) is 34.6 Å². The molecule has 6 aliphatic rings. The van der Waals surface area contributed by atoms with Gasteiger partial charge in [0.25, 0.3) is 0 Å². The zero-order valence-electron chi connectivity index (χ0n) is 16.1. The molecule has 0 aromatic rings. The van der Waals surface area contributed by atoms with Crippen LogP contribution < -0.4 is 10.6 Å². The van der Waals surface area contributed by atoms with Crippen molar-refractivity contribution in [2.45, 2.75) is 52.2 Å². The van der Waals surface area contributed by atoms with Crippen molar-refractivity contribution >= 4 is 17.8 Å². The number of amides is 2. The normalized spacial score (nSPS) is 46.0. The van der Waals surface area contributed by atoms with Gasteiger partial charge in [0.05, 0.1) is 11.0 Å². The Morgan fingerprint density at radius 2 is 1.85 bits per heavy atom. The van der Waals surface area contributed by atoms with Gasteiger partial charge in [-0.05, 0) is 70.6 Å². The largest absolute Gasteiger partial charge is 0.444 e. The molecule has 6 saturated carbocycles. The number of ketones is 1. The number of hydrogen-bond acceptors (Lipinski definition) is 4. The summed E-state index contributed by atoms with van der Waals surface area (Å²) in [6.07, 6.45) is 0.686. The molecule has 0 aromatic heterocycles. The molecule has 0 radical (unpaired) electrons. The molecule has 6 nitrogen and oxygen atoms in total. The van der Waals surface area contributed by atoms with Crippen LogP contribution in [0, 0.1) is 46.8 Å². The summed E-state index contributed by atoms with van der Waals surface area (Å²) in [7, 11) is 0. The number of rotatable bonds is 4. The van der Waals surface area contributed by atoms with Crippen LogP contribution in [0.25, 0.3) is 0 Å². The molecule has 6 rings (SSSR count). The van der Waals surface area contributed by atoms with Gasteiger partial charge in [0.15, 0.2) is 0 Å².